The molecular formula is C11H23ClN2O2S. The molecule has 1 atom stereocenters. The lowest BCUT2D eigenvalue weighted by atomic mass is 9.84. The molecule has 6 heteroatoms. The van der Waals surface area contributed by atoms with Crippen molar-refractivity contribution in [1.29, 1.82) is 0 Å². The van der Waals surface area contributed by atoms with Crippen LogP contribution in [-0.4, -0.2) is 26.8 Å². The van der Waals surface area contributed by atoms with Gasteiger partial charge in [0.2, 0.25) is 10.0 Å². The molecule has 1 unspecified atom stereocenters. The molecule has 0 spiro atoms. The third kappa shape index (κ3) is 5.12. The molecule has 0 heterocycles. The van der Waals surface area contributed by atoms with E-state index in [1.165, 1.54) is 19.3 Å². The predicted molar refractivity (Wildman–Crippen MR) is 71.7 cm³/mol. The van der Waals surface area contributed by atoms with E-state index in [0.717, 1.165) is 19.3 Å². The van der Waals surface area contributed by atoms with Crippen LogP contribution in [0.5, 0.6) is 0 Å². The van der Waals surface area contributed by atoms with Gasteiger partial charge in [0.15, 0.2) is 0 Å². The molecular weight excluding hydrogens is 260 g/mol. The number of nitrogens with one attached hydrogen (secondary N) is 1. The van der Waals surface area contributed by atoms with Crippen LogP contribution in [0.4, 0.5) is 0 Å². The Labute approximate surface area is 110 Å². The highest BCUT2D eigenvalue weighted by Gasteiger charge is 2.29. The second-order valence-corrected chi connectivity index (χ2v) is 7.18. The van der Waals surface area contributed by atoms with Crippen molar-refractivity contribution in [3.63, 3.8) is 0 Å². The summed E-state index contributed by atoms with van der Waals surface area (Å²) >= 11 is 0. The molecule has 2 saturated carbocycles. The fraction of sp³-hybridized carbons (Fsp3) is 1.00. The van der Waals surface area contributed by atoms with Gasteiger partial charge in [-0.2, -0.15) is 0 Å². The summed E-state index contributed by atoms with van der Waals surface area (Å²) in [6.45, 7) is 0.414. The van der Waals surface area contributed by atoms with Crippen LogP contribution >= 0.6 is 12.4 Å². The minimum atomic E-state index is -3.08. The molecule has 0 aliphatic heterocycles. The van der Waals surface area contributed by atoms with E-state index in [2.05, 4.69) is 4.72 Å². The van der Waals surface area contributed by atoms with Crippen LogP contribution in [-0.2, 0) is 10.0 Å². The first-order chi connectivity index (χ1) is 7.57. The van der Waals surface area contributed by atoms with E-state index < -0.39 is 10.0 Å². The smallest absolute Gasteiger partial charge is 0.211 e. The molecule has 2 fully saturated rings. The highest BCUT2D eigenvalue weighted by molar-refractivity contribution is 7.89. The van der Waals surface area contributed by atoms with Crippen LogP contribution in [0.2, 0.25) is 0 Å². The number of halogens is 1. The molecule has 2 aliphatic rings. The molecule has 2 rings (SSSR count). The summed E-state index contributed by atoms with van der Waals surface area (Å²) in [5, 5.41) is 0. The summed E-state index contributed by atoms with van der Waals surface area (Å²) in [5.41, 5.74) is 5.85. The van der Waals surface area contributed by atoms with Gasteiger partial charge in [-0.1, -0.05) is 19.3 Å². The van der Waals surface area contributed by atoms with Crippen LogP contribution in [0.1, 0.15) is 38.5 Å². The molecule has 0 saturated heterocycles. The number of hydrogen-bond donors (Lipinski definition) is 2. The highest BCUT2D eigenvalue weighted by atomic mass is 35.5. The van der Waals surface area contributed by atoms with Crippen LogP contribution in [0.3, 0.4) is 0 Å². The van der Waals surface area contributed by atoms with Crippen molar-refractivity contribution >= 4 is 22.4 Å². The Balaban J connectivity index is 0.00000144. The van der Waals surface area contributed by atoms with E-state index in [-0.39, 0.29) is 24.2 Å². The number of nitrogens with two attached hydrogens (primary N) is 1. The van der Waals surface area contributed by atoms with Crippen LogP contribution in [0.15, 0.2) is 0 Å². The van der Waals surface area contributed by atoms with Gasteiger partial charge in [-0.05, 0) is 31.1 Å². The average Bonchev–Trinajstić information content (AvgIpc) is 2.94. The lowest BCUT2D eigenvalue weighted by Gasteiger charge is -2.25. The first-order valence-corrected chi connectivity index (χ1v) is 7.95. The van der Waals surface area contributed by atoms with Gasteiger partial charge in [0.1, 0.15) is 0 Å². The Morgan fingerprint density at radius 1 is 1.24 bits per heavy atom. The van der Waals surface area contributed by atoms with E-state index in [1.54, 1.807) is 0 Å². The molecule has 4 nitrogen and oxygen atoms in total. The zero-order valence-corrected chi connectivity index (χ0v) is 11.7. The van der Waals surface area contributed by atoms with Gasteiger partial charge >= 0.3 is 0 Å². The average molecular weight is 283 g/mol. The first-order valence-electron chi connectivity index (χ1n) is 6.30. The Morgan fingerprint density at radius 3 is 2.35 bits per heavy atom. The number of sulfonamides is 1. The van der Waals surface area contributed by atoms with Gasteiger partial charge in [0, 0.05) is 12.6 Å². The quantitative estimate of drug-likeness (QED) is 0.738. The maximum atomic E-state index is 11.7. The molecule has 0 aromatic heterocycles. The lowest BCUT2D eigenvalue weighted by molar-refractivity contribution is 0.307. The van der Waals surface area contributed by atoms with E-state index in [9.17, 15) is 8.42 Å². The molecule has 0 aromatic carbocycles. The lowest BCUT2D eigenvalue weighted by Crippen LogP contribution is -2.39. The summed E-state index contributed by atoms with van der Waals surface area (Å²) in [4.78, 5) is 0. The van der Waals surface area contributed by atoms with Gasteiger partial charge in [-0.15, -0.1) is 12.4 Å². The molecule has 2 aliphatic carbocycles. The second kappa shape index (κ2) is 6.36. The van der Waals surface area contributed by atoms with E-state index in [4.69, 9.17) is 5.73 Å². The van der Waals surface area contributed by atoms with E-state index in [1.807, 2.05) is 0 Å². The van der Waals surface area contributed by atoms with Gasteiger partial charge in [0.05, 0.1) is 5.75 Å². The highest BCUT2D eigenvalue weighted by Crippen LogP contribution is 2.31. The van der Waals surface area contributed by atoms with E-state index in [0.29, 0.717) is 18.4 Å². The first kappa shape index (κ1) is 15.2. The largest absolute Gasteiger partial charge is 0.326 e. The fourth-order valence-corrected chi connectivity index (χ4v) is 3.32. The van der Waals surface area contributed by atoms with Crippen molar-refractivity contribution in [1.82, 2.24) is 4.72 Å². The molecule has 0 amide bonds. The summed E-state index contributed by atoms with van der Waals surface area (Å²) in [5.74, 6) is 1.47. The van der Waals surface area contributed by atoms with Crippen molar-refractivity contribution in [3.05, 3.63) is 0 Å². The summed E-state index contributed by atoms with van der Waals surface area (Å²) < 4.78 is 25.9. The second-order valence-electron chi connectivity index (χ2n) is 5.25. The topological polar surface area (TPSA) is 72.2 Å². The van der Waals surface area contributed by atoms with Crippen LogP contribution < -0.4 is 10.5 Å². The minimum Gasteiger partial charge on any atom is -0.326 e. The molecule has 0 bridgehead atoms. The van der Waals surface area contributed by atoms with Crippen molar-refractivity contribution in [2.24, 2.45) is 17.6 Å². The van der Waals surface area contributed by atoms with Gasteiger partial charge in [-0.25, -0.2) is 13.1 Å². The SMILES string of the molecule is Cl.NC(CNS(=O)(=O)CCC1CCC1)C1CC1. The van der Waals surface area contributed by atoms with Crippen molar-refractivity contribution in [2.45, 2.75) is 44.6 Å². The fourth-order valence-electron chi connectivity index (χ4n) is 2.09. The number of rotatable bonds is 7. The van der Waals surface area contributed by atoms with Gasteiger partial charge < -0.3 is 5.73 Å². The molecule has 17 heavy (non-hydrogen) atoms. The Hall–Kier alpha value is 0.160. The minimum absolute atomic E-state index is 0. The molecule has 3 N–H and O–H groups in total. The summed E-state index contributed by atoms with van der Waals surface area (Å²) in [6.07, 6.45) is 6.81. The Morgan fingerprint density at radius 2 is 1.88 bits per heavy atom. The summed E-state index contributed by atoms with van der Waals surface area (Å²) in [6, 6.07) is 0.0125. The zero-order chi connectivity index (χ0) is 11.6. The van der Waals surface area contributed by atoms with Gasteiger partial charge in [-0.3, -0.25) is 0 Å². The van der Waals surface area contributed by atoms with Crippen molar-refractivity contribution in [2.75, 3.05) is 12.3 Å². The monoisotopic (exact) mass is 282 g/mol. The van der Waals surface area contributed by atoms with Crippen molar-refractivity contribution in [3.8, 4) is 0 Å². The Bertz CT molecular complexity index is 326. The van der Waals surface area contributed by atoms with Crippen LogP contribution in [0.25, 0.3) is 0 Å². The van der Waals surface area contributed by atoms with E-state index >= 15 is 0 Å². The molecule has 0 radical (unpaired) electrons. The van der Waals surface area contributed by atoms with Gasteiger partial charge in [0.25, 0.3) is 0 Å². The zero-order valence-electron chi connectivity index (χ0n) is 10.1. The molecule has 102 valence electrons. The third-order valence-electron chi connectivity index (χ3n) is 3.79. The third-order valence-corrected chi connectivity index (χ3v) is 5.17. The normalized spacial score (nSPS) is 22.6. The standard InChI is InChI=1S/C11H22N2O2S.ClH/c12-11(10-4-5-10)8-13-16(14,15)7-6-9-2-1-3-9;/h9-11,13H,1-8,12H2;1H. The maximum Gasteiger partial charge on any atom is 0.211 e. The maximum absolute atomic E-state index is 11.7. The predicted octanol–water partition coefficient (Wildman–Crippen LogP) is 1.26. The molecule has 0 aromatic rings. The number of hydrogen-bond acceptors (Lipinski definition) is 3. The van der Waals surface area contributed by atoms with Crippen molar-refractivity contribution < 1.29 is 8.42 Å². The van der Waals surface area contributed by atoms with Crippen LogP contribution in [0, 0.1) is 11.8 Å². The Kier molecular flexibility index (Phi) is 5.70. The summed E-state index contributed by atoms with van der Waals surface area (Å²) in [7, 11) is -3.08.